The van der Waals surface area contributed by atoms with Gasteiger partial charge in [0.2, 0.25) is 0 Å². The molecule has 0 aliphatic heterocycles. The van der Waals surface area contributed by atoms with Crippen LogP contribution in [0.3, 0.4) is 0 Å². The SMILES string of the molecule is Oc1ccc2cc(N=Nc3cccc(Cl)c3Cl)ccc2c1. The quantitative estimate of drug-likeness (QED) is 0.556. The van der Waals surface area contributed by atoms with E-state index in [-0.39, 0.29) is 5.75 Å². The summed E-state index contributed by atoms with van der Waals surface area (Å²) in [6.07, 6.45) is 0. The van der Waals surface area contributed by atoms with Crippen LogP contribution in [0, 0.1) is 0 Å². The van der Waals surface area contributed by atoms with Crippen molar-refractivity contribution < 1.29 is 5.11 Å². The number of fused-ring (bicyclic) bond motifs is 1. The molecule has 0 saturated heterocycles. The molecule has 0 atom stereocenters. The van der Waals surface area contributed by atoms with E-state index in [0.29, 0.717) is 21.4 Å². The predicted octanol–water partition coefficient (Wildman–Crippen LogP) is 6.27. The number of phenolic OH excluding ortho intramolecular Hbond substituents is 1. The summed E-state index contributed by atoms with van der Waals surface area (Å²) in [5.41, 5.74) is 1.22. The smallest absolute Gasteiger partial charge is 0.116 e. The highest BCUT2D eigenvalue weighted by molar-refractivity contribution is 6.43. The van der Waals surface area contributed by atoms with Crippen molar-refractivity contribution >= 4 is 45.3 Å². The molecule has 21 heavy (non-hydrogen) atoms. The van der Waals surface area contributed by atoms with Crippen molar-refractivity contribution in [3.05, 3.63) is 64.6 Å². The van der Waals surface area contributed by atoms with E-state index in [1.807, 2.05) is 24.3 Å². The second kappa shape index (κ2) is 5.72. The van der Waals surface area contributed by atoms with Crippen LogP contribution in [0.4, 0.5) is 11.4 Å². The lowest BCUT2D eigenvalue weighted by molar-refractivity contribution is 0.476. The molecule has 0 heterocycles. The Labute approximate surface area is 131 Å². The van der Waals surface area contributed by atoms with Gasteiger partial charge in [-0.05, 0) is 47.2 Å². The van der Waals surface area contributed by atoms with Crippen LogP contribution in [0.1, 0.15) is 0 Å². The molecule has 3 aromatic carbocycles. The molecule has 3 rings (SSSR count). The maximum atomic E-state index is 9.44. The zero-order chi connectivity index (χ0) is 14.8. The lowest BCUT2D eigenvalue weighted by Crippen LogP contribution is -1.73. The molecule has 0 amide bonds. The lowest BCUT2D eigenvalue weighted by Gasteiger charge is -2.01. The summed E-state index contributed by atoms with van der Waals surface area (Å²) < 4.78 is 0. The van der Waals surface area contributed by atoms with Crippen LogP contribution in [0.5, 0.6) is 5.75 Å². The van der Waals surface area contributed by atoms with Gasteiger partial charge in [-0.3, -0.25) is 0 Å². The molecule has 0 spiro atoms. The van der Waals surface area contributed by atoms with Gasteiger partial charge in [0, 0.05) is 0 Å². The number of rotatable bonds is 2. The fourth-order valence-electron chi connectivity index (χ4n) is 1.96. The minimum Gasteiger partial charge on any atom is -0.508 e. The average Bonchev–Trinajstić information content (AvgIpc) is 2.49. The number of hydrogen-bond acceptors (Lipinski definition) is 3. The van der Waals surface area contributed by atoms with Gasteiger partial charge in [0.05, 0.1) is 15.7 Å². The molecule has 0 fully saturated rings. The van der Waals surface area contributed by atoms with Gasteiger partial charge in [0.15, 0.2) is 0 Å². The number of azo groups is 1. The van der Waals surface area contributed by atoms with Crippen molar-refractivity contribution in [3.8, 4) is 5.75 Å². The maximum absolute atomic E-state index is 9.44. The van der Waals surface area contributed by atoms with E-state index >= 15 is 0 Å². The monoisotopic (exact) mass is 316 g/mol. The Morgan fingerprint density at radius 3 is 2.43 bits per heavy atom. The van der Waals surface area contributed by atoms with Crippen molar-refractivity contribution in [1.29, 1.82) is 0 Å². The third-order valence-corrected chi connectivity index (χ3v) is 3.82. The van der Waals surface area contributed by atoms with Crippen LogP contribution >= 0.6 is 23.2 Å². The fourth-order valence-corrected chi connectivity index (χ4v) is 2.30. The first-order chi connectivity index (χ1) is 10.1. The van der Waals surface area contributed by atoms with Gasteiger partial charge in [0.1, 0.15) is 11.4 Å². The van der Waals surface area contributed by atoms with Crippen LogP contribution in [-0.2, 0) is 0 Å². The number of hydrogen-bond donors (Lipinski definition) is 1. The first-order valence-corrected chi connectivity index (χ1v) is 6.97. The predicted molar refractivity (Wildman–Crippen MR) is 86.3 cm³/mol. The Balaban J connectivity index is 1.96. The number of benzene rings is 3. The highest BCUT2D eigenvalue weighted by atomic mass is 35.5. The van der Waals surface area contributed by atoms with Gasteiger partial charge >= 0.3 is 0 Å². The Morgan fingerprint density at radius 1 is 0.810 bits per heavy atom. The minimum atomic E-state index is 0.239. The molecule has 5 heteroatoms. The molecule has 0 aliphatic carbocycles. The van der Waals surface area contributed by atoms with Gasteiger partial charge in [-0.25, -0.2) is 0 Å². The van der Waals surface area contributed by atoms with Crippen molar-refractivity contribution in [3.63, 3.8) is 0 Å². The number of phenols is 1. The molecule has 3 aromatic rings. The number of halogens is 2. The molecular weight excluding hydrogens is 307 g/mol. The third-order valence-electron chi connectivity index (χ3n) is 3.01. The highest BCUT2D eigenvalue weighted by Crippen LogP contribution is 2.33. The van der Waals surface area contributed by atoms with Gasteiger partial charge in [0.25, 0.3) is 0 Å². The molecular formula is C16H10Cl2N2O. The molecule has 0 radical (unpaired) electrons. The van der Waals surface area contributed by atoms with E-state index in [9.17, 15) is 5.11 Å². The van der Waals surface area contributed by atoms with E-state index in [1.165, 1.54) is 0 Å². The van der Waals surface area contributed by atoms with E-state index in [2.05, 4.69) is 10.2 Å². The first-order valence-electron chi connectivity index (χ1n) is 6.22. The van der Waals surface area contributed by atoms with Crippen molar-refractivity contribution in [2.75, 3.05) is 0 Å². The Kier molecular flexibility index (Phi) is 3.78. The van der Waals surface area contributed by atoms with Crippen molar-refractivity contribution in [1.82, 2.24) is 0 Å². The summed E-state index contributed by atoms with van der Waals surface area (Å²) >= 11 is 12.0. The number of nitrogens with zero attached hydrogens (tertiary/aromatic N) is 2. The highest BCUT2D eigenvalue weighted by Gasteiger charge is 2.03. The van der Waals surface area contributed by atoms with Crippen LogP contribution in [0.15, 0.2) is 64.8 Å². The topological polar surface area (TPSA) is 45.0 Å². The zero-order valence-corrected chi connectivity index (χ0v) is 12.3. The average molecular weight is 317 g/mol. The molecule has 1 N–H and O–H groups in total. The van der Waals surface area contributed by atoms with Gasteiger partial charge in [-0.2, -0.15) is 5.11 Å². The maximum Gasteiger partial charge on any atom is 0.116 e. The van der Waals surface area contributed by atoms with E-state index in [4.69, 9.17) is 23.2 Å². The summed E-state index contributed by atoms with van der Waals surface area (Å²) in [7, 11) is 0. The summed E-state index contributed by atoms with van der Waals surface area (Å²) in [5.74, 6) is 0.239. The Bertz CT molecular complexity index is 847. The largest absolute Gasteiger partial charge is 0.508 e. The zero-order valence-electron chi connectivity index (χ0n) is 10.8. The first kappa shape index (κ1) is 13.9. The molecule has 3 nitrogen and oxygen atoms in total. The summed E-state index contributed by atoms with van der Waals surface area (Å²) in [6, 6.07) is 16.0. The summed E-state index contributed by atoms with van der Waals surface area (Å²) in [5, 5.41) is 20.5. The lowest BCUT2D eigenvalue weighted by atomic mass is 10.1. The van der Waals surface area contributed by atoms with E-state index in [0.717, 1.165) is 10.8 Å². The van der Waals surface area contributed by atoms with Gasteiger partial charge < -0.3 is 5.11 Å². The van der Waals surface area contributed by atoms with Crippen LogP contribution in [0.25, 0.3) is 10.8 Å². The van der Waals surface area contributed by atoms with Crippen molar-refractivity contribution in [2.24, 2.45) is 10.2 Å². The minimum absolute atomic E-state index is 0.239. The summed E-state index contributed by atoms with van der Waals surface area (Å²) in [4.78, 5) is 0. The van der Waals surface area contributed by atoms with Gasteiger partial charge in [-0.1, -0.05) is 41.4 Å². The second-order valence-electron chi connectivity index (χ2n) is 4.49. The van der Waals surface area contributed by atoms with E-state index in [1.54, 1.807) is 30.3 Å². The Morgan fingerprint density at radius 2 is 1.57 bits per heavy atom. The van der Waals surface area contributed by atoms with Crippen LogP contribution in [0.2, 0.25) is 10.0 Å². The molecule has 0 aliphatic rings. The molecule has 0 bridgehead atoms. The Hall–Kier alpha value is -2.10. The fraction of sp³-hybridized carbons (Fsp3) is 0. The van der Waals surface area contributed by atoms with Crippen LogP contribution < -0.4 is 0 Å². The second-order valence-corrected chi connectivity index (χ2v) is 5.27. The molecule has 104 valence electrons. The standard InChI is InChI=1S/C16H10Cl2N2O/c17-14-2-1-3-15(16(14)18)20-19-12-6-4-11-9-13(21)7-5-10(11)8-12/h1-9,21H. The van der Waals surface area contributed by atoms with Crippen molar-refractivity contribution in [2.45, 2.75) is 0 Å². The third kappa shape index (κ3) is 2.99. The number of aromatic hydroxyl groups is 1. The normalized spacial score (nSPS) is 11.3. The van der Waals surface area contributed by atoms with Crippen LogP contribution in [-0.4, -0.2) is 5.11 Å². The molecule has 0 aromatic heterocycles. The molecule has 0 unspecified atom stereocenters. The van der Waals surface area contributed by atoms with Gasteiger partial charge in [-0.15, -0.1) is 5.11 Å². The van der Waals surface area contributed by atoms with E-state index < -0.39 is 0 Å². The molecule has 0 saturated carbocycles. The summed E-state index contributed by atoms with van der Waals surface area (Å²) in [6.45, 7) is 0.